The lowest BCUT2D eigenvalue weighted by molar-refractivity contribution is -0.126. The van der Waals surface area contributed by atoms with Crippen LogP contribution < -0.4 is 9.47 Å². The second-order valence-electron chi connectivity index (χ2n) is 6.95. The summed E-state index contributed by atoms with van der Waals surface area (Å²) in [6.07, 6.45) is 5.09. The van der Waals surface area contributed by atoms with E-state index >= 15 is 0 Å². The van der Waals surface area contributed by atoms with Gasteiger partial charge >= 0.3 is 0 Å². The fourth-order valence-electron chi connectivity index (χ4n) is 3.84. The van der Waals surface area contributed by atoms with Crippen molar-refractivity contribution in [3.63, 3.8) is 0 Å². The second-order valence-corrected chi connectivity index (χ2v) is 6.95. The van der Waals surface area contributed by atoms with Crippen molar-refractivity contribution in [1.29, 1.82) is 0 Å². The SMILES string of the molecule is O=C(/C=C/c1nc2ccccc2o1)N1CCC[C@@H]1c1ccc2c(c1)OCCO2. The smallest absolute Gasteiger partial charge is 0.247 e. The Bertz CT molecular complexity index is 1020. The maximum absolute atomic E-state index is 12.8. The topological polar surface area (TPSA) is 64.8 Å². The first-order valence-electron chi connectivity index (χ1n) is 9.52. The minimum Gasteiger partial charge on any atom is -0.486 e. The quantitative estimate of drug-likeness (QED) is 0.647. The molecule has 1 fully saturated rings. The molecule has 3 aromatic rings. The van der Waals surface area contributed by atoms with E-state index in [2.05, 4.69) is 4.98 Å². The van der Waals surface area contributed by atoms with Crippen LogP contribution in [0.3, 0.4) is 0 Å². The Kier molecular flexibility index (Phi) is 4.24. The molecule has 142 valence electrons. The van der Waals surface area contributed by atoms with Crippen molar-refractivity contribution in [3.8, 4) is 11.5 Å². The molecule has 3 heterocycles. The summed E-state index contributed by atoms with van der Waals surface area (Å²) in [5, 5.41) is 0. The summed E-state index contributed by atoms with van der Waals surface area (Å²) in [6, 6.07) is 13.5. The second kappa shape index (κ2) is 7.03. The molecule has 0 N–H and O–H groups in total. The summed E-state index contributed by atoms with van der Waals surface area (Å²) in [5.41, 5.74) is 2.57. The number of hydrogen-bond acceptors (Lipinski definition) is 5. The van der Waals surface area contributed by atoms with Gasteiger partial charge in [0.15, 0.2) is 17.1 Å². The van der Waals surface area contributed by atoms with Gasteiger partial charge < -0.3 is 18.8 Å². The van der Waals surface area contributed by atoms with Crippen molar-refractivity contribution in [2.75, 3.05) is 19.8 Å². The number of amides is 1. The van der Waals surface area contributed by atoms with Crippen molar-refractivity contribution in [1.82, 2.24) is 9.88 Å². The number of aromatic nitrogens is 1. The van der Waals surface area contributed by atoms with Gasteiger partial charge in [-0.1, -0.05) is 18.2 Å². The highest BCUT2D eigenvalue weighted by Gasteiger charge is 2.29. The number of carbonyl (C=O) groups is 1. The van der Waals surface area contributed by atoms with Gasteiger partial charge in [-0.05, 0) is 42.7 Å². The van der Waals surface area contributed by atoms with Crippen molar-refractivity contribution in [3.05, 3.63) is 60.0 Å². The zero-order chi connectivity index (χ0) is 18.9. The zero-order valence-corrected chi connectivity index (χ0v) is 15.3. The Labute approximate surface area is 162 Å². The van der Waals surface area contributed by atoms with Crippen LogP contribution in [0.25, 0.3) is 17.2 Å². The van der Waals surface area contributed by atoms with Crippen molar-refractivity contribution in [2.24, 2.45) is 0 Å². The number of carbonyl (C=O) groups excluding carboxylic acids is 1. The van der Waals surface area contributed by atoms with E-state index in [1.807, 2.05) is 47.4 Å². The van der Waals surface area contributed by atoms with E-state index in [1.165, 1.54) is 0 Å². The van der Waals surface area contributed by atoms with Crippen LogP contribution >= 0.6 is 0 Å². The van der Waals surface area contributed by atoms with Crippen LogP contribution in [-0.2, 0) is 4.79 Å². The van der Waals surface area contributed by atoms with Gasteiger partial charge in [0.25, 0.3) is 0 Å². The molecule has 0 radical (unpaired) electrons. The number of likely N-dealkylation sites (tertiary alicyclic amines) is 1. The van der Waals surface area contributed by atoms with E-state index in [4.69, 9.17) is 13.9 Å². The summed E-state index contributed by atoms with van der Waals surface area (Å²) < 4.78 is 16.9. The lowest BCUT2D eigenvalue weighted by atomic mass is 10.0. The molecule has 1 amide bonds. The Morgan fingerprint density at radius 1 is 1.11 bits per heavy atom. The number of oxazole rings is 1. The van der Waals surface area contributed by atoms with Gasteiger partial charge in [0.05, 0.1) is 6.04 Å². The van der Waals surface area contributed by atoms with Gasteiger partial charge in [-0.25, -0.2) is 4.98 Å². The molecule has 2 aromatic carbocycles. The molecule has 1 aromatic heterocycles. The molecule has 1 saturated heterocycles. The van der Waals surface area contributed by atoms with Crippen molar-refractivity contribution in [2.45, 2.75) is 18.9 Å². The fourth-order valence-corrected chi connectivity index (χ4v) is 3.84. The fraction of sp³-hybridized carbons (Fsp3) is 0.273. The van der Waals surface area contributed by atoms with Crippen LogP contribution in [0, 0.1) is 0 Å². The normalized spacial score (nSPS) is 18.9. The highest BCUT2D eigenvalue weighted by atomic mass is 16.6. The third kappa shape index (κ3) is 3.11. The van der Waals surface area contributed by atoms with E-state index in [0.717, 1.165) is 42.0 Å². The molecule has 0 aliphatic carbocycles. The van der Waals surface area contributed by atoms with Gasteiger partial charge in [0, 0.05) is 18.7 Å². The predicted molar refractivity (Wildman–Crippen MR) is 104 cm³/mol. The van der Waals surface area contributed by atoms with Crippen LogP contribution in [-0.4, -0.2) is 35.5 Å². The number of hydrogen-bond donors (Lipinski definition) is 0. The molecule has 1 atom stereocenters. The van der Waals surface area contributed by atoms with Crippen LogP contribution in [0.15, 0.2) is 53.0 Å². The molecule has 0 saturated carbocycles. The van der Waals surface area contributed by atoms with Gasteiger partial charge in [0.1, 0.15) is 18.7 Å². The van der Waals surface area contributed by atoms with Gasteiger partial charge in [-0.3, -0.25) is 4.79 Å². The van der Waals surface area contributed by atoms with E-state index in [0.29, 0.717) is 24.7 Å². The van der Waals surface area contributed by atoms with Crippen LogP contribution in [0.4, 0.5) is 0 Å². The molecule has 0 unspecified atom stereocenters. The molecule has 6 nitrogen and oxygen atoms in total. The minimum atomic E-state index is -0.0420. The first-order chi connectivity index (χ1) is 13.8. The molecule has 0 spiro atoms. The Balaban J connectivity index is 1.35. The summed E-state index contributed by atoms with van der Waals surface area (Å²) in [6.45, 7) is 1.86. The number of rotatable bonds is 3. The van der Waals surface area contributed by atoms with E-state index in [-0.39, 0.29) is 11.9 Å². The van der Waals surface area contributed by atoms with Crippen molar-refractivity contribution < 1.29 is 18.7 Å². The maximum Gasteiger partial charge on any atom is 0.247 e. The predicted octanol–water partition coefficient (Wildman–Crippen LogP) is 3.98. The van der Waals surface area contributed by atoms with E-state index < -0.39 is 0 Å². The highest BCUT2D eigenvalue weighted by molar-refractivity contribution is 5.92. The first-order valence-corrected chi connectivity index (χ1v) is 9.52. The average molecular weight is 376 g/mol. The van der Waals surface area contributed by atoms with Gasteiger partial charge in [-0.2, -0.15) is 0 Å². The average Bonchev–Trinajstić information content (AvgIpc) is 3.38. The number of ether oxygens (including phenoxy) is 2. The first kappa shape index (κ1) is 16.9. The zero-order valence-electron chi connectivity index (χ0n) is 15.3. The molecule has 28 heavy (non-hydrogen) atoms. The lowest BCUT2D eigenvalue weighted by Crippen LogP contribution is -2.29. The van der Waals surface area contributed by atoms with Gasteiger partial charge in [0.2, 0.25) is 11.8 Å². The lowest BCUT2D eigenvalue weighted by Gasteiger charge is -2.25. The number of fused-ring (bicyclic) bond motifs is 2. The summed E-state index contributed by atoms with van der Waals surface area (Å²) in [5.74, 6) is 1.91. The Morgan fingerprint density at radius 2 is 1.96 bits per heavy atom. The summed E-state index contributed by atoms with van der Waals surface area (Å²) in [7, 11) is 0. The molecule has 5 rings (SSSR count). The Hall–Kier alpha value is -3.28. The molecular formula is C22H20N2O4. The van der Waals surface area contributed by atoms with Crippen LogP contribution in [0.5, 0.6) is 11.5 Å². The third-order valence-corrected chi connectivity index (χ3v) is 5.17. The third-order valence-electron chi connectivity index (χ3n) is 5.17. The molecule has 0 bridgehead atoms. The van der Waals surface area contributed by atoms with E-state index in [9.17, 15) is 4.79 Å². The summed E-state index contributed by atoms with van der Waals surface area (Å²) >= 11 is 0. The number of para-hydroxylation sites is 2. The molecular weight excluding hydrogens is 356 g/mol. The maximum atomic E-state index is 12.8. The highest BCUT2D eigenvalue weighted by Crippen LogP contribution is 2.38. The standard InChI is InChI=1S/C22H20N2O4/c25-22(10-9-21-23-16-4-1-2-6-18(16)28-21)24-11-3-5-17(24)15-7-8-19-20(14-15)27-13-12-26-19/h1-2,4,6-10,14,17H,3,5,11-13H2/b10-9+/t17-/m1/s1. The molecule has 2 aliphatic rings. The summed E-state index contributed by atoms with van der Waals surface area (Å²) in [4.78, 5) is 19.1. The molecule has 6 heteroatoms. The van der Waals surface area contributed by atoms with Crippen molar-refractivity contribution >= 4 is 23.1 Å². The number of benzene rings is 2. The monoisotopic (exact) mass is 376 g/mol. The Morgan fingerprint density at radius 3 is 2.86 bits per heavy atom. The van der Waals surface area contributed by atoms with Crippen LogP contribution in [0.1, 0.15) is 30.3 Å². The molecule has 2 aliphatic heterocycles. The number of nitrogens with zero attached hydrogens (tertiary/aromatic N) is 2. The van der Waals surface area contributed by atoms with E-state index in [1.54, 1.807) is 12.2 Å². The minimum absolute atomic E-state index is 0.0385. The van der Waals surface area contributed by atoms with Crippen LogP contribution in [0.2, 0.25) is 0 Å². The largest absolute Gasteiger partial charge is 0.486 e. The van der Waals surface area contributed by atoms with Gasteiger partial charge in [-0.15, -0.1) is 0 Å².